The van der Waals surface area contributed by atoms with Gasteiger partial charge in [-0.25, -0.2) is 9.78 Å². The third-order valence-corrected chi connectivity index (χ3v) is 6.37. The molecule has 208 valence electrons. The molecule has 0 aliphatic carbocycles. The summed E-state index contributed by atoms with van der Waals surface area (Å²) in [5.41, 5.74) is 2.67. The van der Waals surface area contributed by atoms with Crippen molar-refractivity contribution in [1.82, 2.24) is 9.55 Å². The van der Waals surface area contributed by atoms with Crippen molar-refractivity contribution in [2.24, 2.45) is 0 Å². The number of carbonyl (C=O) groups excluding carboxylic acids is 1. The van der Waals surface area contributed by atoms with Crippen molar-refractivity contribution in [2.75, 3.05) is 33.8 Å². The number of hydrogen-bond acceptors (Lipinski definition) is 7. The van der Waals surface area contributed by atoms with Gasteiger partial charge in [0, 0.05) is 17.5 Å². The highest BCUT2D eigenvalue weighted by Crippen LogP contribution is 2.49. The molecule has 4 rings (SSSR count). The van der Waals surface area contributed by atoms with Crippen molar-refractivity contribution in [2.45, 2.75) is 52.7 Å². The molecule has 0 unspecified atom stereocenters. The molecular formula is C30H37N3O6. The number of fused-ring (bicyclic) bond motifs is 2. The Morgan fingerprint density at radius 3 is 2.21 bits per heavy atom. The number of benzene rings is 3. The van der Waals surface area contributed by atoms with Gasteiger partial charge in [-0.05, 0) is 62.4 Å². The van der Waals surface area contributed by atoms with Crippen molar-refractivity contribution < 1.29 is 28.5 Å². The summed E-state index contributed by atoms with van der Waals surface area (Å²) in [7, 11) is 6.42. The van der Waals surface area contributed by atoms with Gasteiger partial charge >= 0.3 is 6.09 Å². The van der Waals surface area contributed by atoms with E-state index in [1.807, 2.05) is 61.7 Å². The summed E-state index contributed by atoms with van der Waals surface area (Å²) in [6.07, 6.45) is 1.31. The molecule has 1 amide bonds. The van der Waals surface area contributed by atoms with Gasteiger partial charge in [0.05, 0.1) is 39.5 Å². The van der Waals surface area contributed by atoms with Gasteiger partial charge in [0.15, 0.2) is 11.5 Å². The zero-order chi connectivity index (χ0) is 28.3. The molecule has 3 aromatic carbocycles. The quantitative estimate of drug-likeness (QED) is 0.246. The van der Waals surface area contributed by atoms with E-state index in [-0.39, 0.29) is 0 Å². The van der Waals surface area contributed by atoms with E-state index in [1.54, 1.807) is 28.4 Å². The SMILES string of the molecule is CCCCn1c(NC(=O)OC(C)(C)C)nc2c(-c3ccc(OC)cc3)c3c(OC)c(OC)c(OC)cc3cc21. The molecule has 0 aliphatic rings. The average molecular weight is 536 g/mol. The molecule has 1 N–H and O–H groups in total. The summed E-state index contributed by atoms with van der Waals surface area (Å²) in [5.74, 6) is 2.72. The number of aromatic nitrogens is 2. The van der Waals surface area contributed by atoms with Gasteiger partial charge < -0.3 is 28.3 Å². The molecule has 0 saturated heterocycles. The number of amides is 1. The lowest BCUT2D eigenvalue weighted by molar-refractivity contribution is 0.0634. The zero-order valence-corrected chi connectivity index (χ0v) is 23.9. The summed E-state index contributed by atoms with van der Waals surface area (Å²) in [5, 5.41) is 4.58. The Morgan fingerprint density at radius 2 is 1.64 bits per heavy atom. The summed E-state index contributed by atoms with van der Waals surface area (Å²) < 4.78 is 30.3. The maximum absolute atomic E-state index is 12.8. The first-order chi connectivity index (χ1) is 18.6. The lowest BCUT2D eigenvalue weighted by Gasteiger charge is -2.19. The second-order valence-corrected chi connectivity index (χ2v) is 10.2. The highest BCUT2D eigenvalue weighted by atomic mass is 16.6. The van der Waals surface area contributed by atoms with Crippen LogP contribution in [0.15, 0.2) is 36.4 Å². The first kappa shape index (κ1) is 27.9. The van der Waals surface area contributed by atoms with Crippen LogP contribution >= 0.6 is 0 Å². The number of carbonyl (C=O) groups is 1. The number of hydrogen-bond donors (Lipinski definition) is 1. The minimum atomic E-state index is -0.645. The van der Waals surface area contributed by atoms with E-state index < -0.39 is 11.7 Å². The normalized spacial score (nSPS) is 11.5. The van der Waals surface area contributed by atoms with E-state index in [9.17, 15) is 4.79 Å². The van der Waals surface area contributed by atoms with E-state index >= 15 is 0 Å². The highest BCUT2D eigenvalue weighted by Gasteiger charge is 2.26. The van der Waals surface area contributed by atoms with Gasteiger partial charge in [0.25, 0.3) is 0 Å². The molecular weight excluding hydrogens is 498 g/mol. The predicted octanol–water partition coefficient (Wildman–Crippen LogP) is 7.04. The van der Waals surface area contributed by atoms with Crippen LogP contribution in [0.5, 0.6) is 23.0 Å². The number of rotatable bonds is 9. The predicted molar refractivity (Wildman–Crippen MR) is 154 cm³/mol. The maximum Gasteiger partial charge on any atom is 0.414 e. The Labute approximate surface area is 229 Å². The monoisotopic (exact) mass is 535 g/mol. The van der Waals surface area contributed by atoms with Crippen LogP contribution in [-0.2, 0) is 11.3 Å². The number of nitrogens with one attached hydrogen (secondary N) is 1. The summed E-state index contributed by atoms with van der Waals surface area (Å²) in [4.78, 5) is 17.8. The van der Waals surface area contributed by atoms with E-state index in [2.05, 4.69) is 12.2 Å². The van der Waals surface area contributed by atoms with E-state index in [4.69, 9.17) is 28.7 Å². The summed E-state index contributed by atoms with van der Waals surface area (Å²) in [6, 6.07) is 11.7. The average Bonchev–Trinajstić information content (AvgIpc) is 3.24. The number of aryl methyl sites for hydroxylation is 1. The van der Waals surface area contributed by atoms with Crippen molar-refractivity contribution in [1.29, 1.82) is 0 Å². The van der Waals surface area contributed by atoms with Gasteiger partial charge in [-0.3, -0.25) is 5.32 Å². The maximum atomic E-state index is 12.8. The van der Waals surface area contributed by atoms with Crippen LogP contribution in [0, 0.1) is 0 Å². The molecule has 0 atom stereocenters. The molecule has 1 aromatic heterocycles. The fraction of sp³-hybridized carbons (Fsp3) is 0.400. The van der Waals surface area contributed by atoms with E-state index in [1.165, 1.54) is 0 Å². The summed E-state index contributed by atoms with van der Waals surface area (Å²) >= 11 is 0. The number of imidazole rings is 1. The van der Waals surface area contributed by atoms with Crippen molar-refractivity contribution >= 4 is 33.8 Å². The lowest BCUT2D eigenvalue weighted by Crippen LogP contribution is -2.28. The molecule has 0 fully saturated rings. The highest BCUT2D eigenvalue weighted by molar-refractivity contribution is 6.15. The van der Waals surface area contributed by atoms with E-state index in [0.717, 1.165) is 46.0 Å². The fourth-order valence-electron chi connectivity index (χ4n) is 4.68. The Bertz CT molecular complexity index is 1490. The van der Waals surface area contributed by atoms with Crippen LogP contribution in [0.1, 0.15) is 40.5 Å². The number of methoxy groups -OCH3 is 4. The third-order valence-electron chi connectivity index (χ3n) is 6.37. The Kier molecular flexibility index (Phi) is 8.09. The molecule has 39 heavy (non-hydrogen) atoms. The van der Waals surface area contributed by atoms with Gasteiger partial charge in [0.2, 0.25) is 11.7 Å². The van der Waals surface area contributed by atoms with Crippen molar-refractivity contribution in [3.8, 4) is 34.1 Å². The zero-order valence-electron chi connectivity index (χ0n) is 23.9. The van der Waals surface area contributed by atoms with E-state index in [0.29, 0.717) is 35.3 Å². The van der Waals surface area contributed by atoms with Crippen LogP contribution in [-0.4, -0.2) is 49.7 Å². The minimum absolute atomic E-state index is 0.413. The molecule has 4 aromatic rings. The number of anilines is 1. The smallest absolute Gasteiger partial charge is 0.414 e. The molecule has 0 bridgehead atoms. The van der Waals surface area contributed by atoms with Gasteiger partial charge in [0.1, 0.15) is 11.4 Å². The third kappa shape index (κ3) is 5.53. The standard InChI is InChI=1S/C30H37N3O6/c1-9-10-15-33-21-16-19-17-22(36-6)26(37-7)27(38-8)24(19)23(18-11-13-20(35-5)14-12-18)25(21)31-28(33)32-29(34)39-30(2,3)4/h11-14,16-17H,9-10,15H2,1-8H3,(H,31,32,34). The van der Waals surface area contributed by atoms with Gasteiger partial charge in [-0.1, -0.05) is 25.5 Å². The van der Waals surface area contributed by atoms with Crippen LogP contribution in [0.25, 0.3) is 32.9 Å². The van der Waals surface area contributed by atoms with Crippen molar-refractivity contribution in [3.63, 3.8) is 0 Å². The van der Waals surface area contributed by atoms with Crippen LogP contribution in [0.4, 0.5) is 10.7 Å². The van der Waals surface area contributed by atoms with Crippen LogP contribution in [0.3, 0.4) is 0 Å². The second-order valence-electron chi connectivity index (χ2n) is 10.2. The molecule has 0 aliphatic heterocycles. The van der Waals surface area contributed by atoms with Gasteiger partial charge in [-0.15, -0.1) is 0 Å². The number of unbranched alkanes of at least 4 members (excludes halogenated alkanes) is 1. The Hall–Kier alpha value is -4.14. The van der Waals surface area contributed by atoms with Gasteiger partial charge in [-0.2, -0.15) is 0 Å². The molecule has 9 nitrogen and oxygen atoms in total. The lowest BCUT2D eigenvalue weighted by atomic mass is 9.95. The molecule has 0 saturated carbocycles. The first-order valence-electron chi connectivity index (χ1n) is 13.0. The Balaban J connectivity index is 2.11. The van der Waals surface area contributed by atoms with Crippen LogP contribution < -0.4 is 24.3 Å². The number of nitrogens with zero attached hydrogens (tertiary/aromatic N) is 2. The number of ether oxygens (including phenoxy) is 5. The van der Waals surface area contributed by atoms with Crippen molar-refractivity contribution in [3.05, 3.63) is 36.4 Å². The largest absolute Gasteiger partial charge is 0.497 e. The Morgan fingerprint density at radius 1 is 0.949 bits per heavy atom. The molecule has 0 radical (unpaired) electrons. The topological polar surface area (TPSA) is 93.1 Å². The molecule has 9 heteroatoms. The summed E-state index contributed by atoms with van der Waals surface area (Å²) in [6.45, 7) is 8.27. The minimum Gasteiger partial charge on any atom is -0.497 e. The molecule has 1 heterocycles. The fourth-order valence-corrected chi connectivity index (χ4v) is 4.68. The second kappa shape index (κ2) is 11.3. The van der Waals surface area contributed by atoms with Crippen LogP contribution in [0.2, 0.25) is 0 Å². The molecule has 0 spiro atoms. The first-order valence-corrected chi connectivity index (χ1v) is 13.0.